The van der Waals surface area contributed by atoms with Crippen molar-refractivity contribution in [3.63, 3.8) is 0 Å². The number of rotatable bonds is 6. The van der Waals surface area contributed by atoms with Gasteiger partial charge in [-0.15, -0.1) is 0 Å². The summed E-state index contributed by atoms with van der Waals surface area (Å²) in [5.41, 5.74) is 3.71. The van der Waals surface area contributed by atoms with Crippen LogP contribution in [0.3, 0.4) is 0 Å². The smallest absolute Gasteiger partial charge is 0.0535 e. The number of aromatic nitrogens is 3. The van der Waals surface area contributed by atoms with Gasteiger partial charge in [-0.1, -0.05) is 6.92 Å². The standard InChI is InChI=1S/C13H20N4/c1-3-5-17-6-4-12(10-17)7-14-8-13-9-15-16-11(13)2/h4,6,9-10,14H,3,5,7-8H2,1-2H3,(H,15,16). The predicted molar refractivity (Wildman–Crippen MR) is 68.6 cm³/mol. The molecule has 0 radical (unpaired) electrons. The molecule has 4 heteroatoms. The first-order chi connectivity index (χ1) is 8.29. The van der Waals surface area contributed by atoms with Crippen molar-refractivity contribution in [3.8, 4) is 0 Å². The lowest BCUT2D eigenvalue weighted by atomic mass is 10.2. The van der Waals surface area contributed by atoms with E-state index in [4.69, 9.17) is 0 Å². The number of H-pyrrole nitrogens is 1. The van der Waals surface area contributed by atoms with Crippen LogP contribution in [-0.4, -0.2) is 14.8 Å². The van der Waals surface area contributed by atoms with Gasteiger partial charge < -0.3 is 9.88 Å². The van der Waals surface area contributed by atoms with Crippen LogP contribution >= 0.6 is 0 Å². The molecule has 0 saturated carbocycles. The molecule has 0 bridgehead atoms. The van der Waals surface area contributed by atoms with Gasteiger partial charge >= 0.3 is 0 Å². The van der Waals surface area contributed by atoms with E-state index in [0.29, 0.717) is 0 Å². The zero-order valence-electron chi connectivity index (χ0n) is 10.5. The van der Waals surface area contributed by atoms with Gasteiger partial charge in [-0.05, 0) is 25.0 Å². The molecule has 0 unspecified atom stereocenters. The van der Waals surface area contributed by atoms with E-state index in [9.17, 15) is 0 Å². The van der Waals surface area contributed by atoms with E-state index in [2.05, 4.69) is 45.5 Å². The first-order valence-electron chi connectivity index (χ1n) is 6.14. The van der Waals surface area contributed by atoms with Crippen LogP contribution in [0.5, 0.6) is 0 Å². The first-order valence-corrected chi connectivity index (χ1v) is 6.14. The number of nitrogens with one attached hydrogen (secondary N) is 2. The zero-order valence-corrected chi connectivity index (χ0v) is 10.5. The number of hydrogen-bond acceptors (Lipinski definition) is 2. The topological polar surface area (TPSA) is 45.6 Å². The second kappa shape index (κ2) is 5.68. The molecule has 0 saturated heterocycles. The monoisotopic (exact) mass is 232 g/mol. The fourth-order valence-corrected chi connectivity index (χ4v) is 1.89. The summed E-state index contributed by atoms with van der Waals surface area (Å²) in [5, 5.41) is 10.4. The van der Waals surface area contributed by atoms with Crippen molar-refractivity contribution in [2.24, 2.45) is 0 Å². The Labute approximate surface area is 102 Å². The van der Waals surface area contributed by atoms with Gasteiger partial charge in [0, 0.05) is 43.3 Å². The Hall–Kier alpha value is -1.55. The second-order valence-corrected chi connectivity index (χ2v) is 4.38. The van der Waals surface area contributed by atoms with Gasteiger partial charge in [0.25, 0.3) is 0 Å². The van der Waals surface area contributed by atoms with E-state index in [0.717, 1.165) is 25.3 Å². The van der Waals surface area contributed by atoms with Crippen molar-refractivity contribution < 1.29 is 0 Å². The Morgan fingerprint density at radius 3 is 3.00 bits per heavy atom. The van der Waals surface area contributed by atoms with E-state index in [-0.39, 0.29) is 0 Å². The molecule has 2 heterocycles. The quantitative estimate of drug-likeness (QED) is 0.802. The third kappa shape index (κ3) is 3.20. The van der Waals surface area contributed by atoms with E-state index < -0.39 is 0 Å². The molecule has 2 N–H and O–H groups in total. The number of nitrogens with zero attached hydrogens (tertiary/aromatic N) is 2. The highest BCUT2D eigenvalue weighted by molar-refractivity contribution is 5.15. The minimum absolute atomic E-state index is 0.862. The van der Waals surface area contributed by atoms with Gasteiger partial charge in [0.05, 0.1) is 6.20 Å². The molecule has 2 aromatic heterocycles. The lowest BCUT2D eigenvalue weighted by molar-refractivity contribution is 0.667. The molecule has 0 aliphatic carbocycles. The Bertz CT molecular complexity index is 455. The molecular formula is C13H20N4. The normalized spacial score (nSPS) is 10.9. The lowest BCUT2D eigenvalue weighted by Crippen LogP contribution is -2.12. The fraction of sp³-hybridized carbons (Fsp3) is 0.462. The predicted octanol–water partition coefficient (Wildman–Crippen LogP) is 2.22. The molecule has 2 aromatic rings. The van der Waals surface area contributed by atoms with Crippen LogP contribution in [0.25, 0.3) is 0 Å². The van der Waals surface area contributed by atoms with Gasteiger partial charge in [-0.2, -0.15) is 5.10 Å². The van der Waals surface area contributed by atoms with Crippen LogP contribution in [0.1, 0.15) is 30.2 Å². The second-order valence-electron chi connectivity index (χ2n) is 4.38. The SMILES string of the molecule is CCCn1ccc(CNCc2cn[nH]c2C)c1. The van der Waals surface area contributed by atoms with Crippen molar-refractivity contribution in [1.29, 1.82) is 0 Å². The van der Waals surface area contributed by atoms with Gasteiger partial charge in [0.1, 0.15) is 0 Å². The molecule has 2 rings (SSSR count). The highest BCUT2D eigenvalue weighted by Crippen LogP contribution is 2.04. The summed E-state index contributed by atoms with van der Waals surface area (Å²) in [6.07, 6.45) is 7.41. The summed E-state index contributed by atoms with van der Waals surface area (Å²) < 4.78 is 2.24. The van der Waals surface area contributed by atoms with Crippen molar-refractivity contribution in [3.05, 3.63) is 41.5 Å². The van der Waals surface area contributed by atoms with Crippen LogP contribution in [0, 0.1) is 6.92 Å². The Morgan fingerprint density at radius 2 is 2.29 bits per heavy atom. The maximum absolute atomic E-state index is 4.01. The summed E-state index contributed by atoms with van der Waals surface area (Å²) in [6.45, 7) is 7.10. The molecule has 17 heavy (non-hydrogen) atoms. The fourth-order valence-electron chi connectivity index (χ4n) is 1.89. The third-order valence-corrected chi connectivity index (χ3v) is 2.87. The van der Waals surface area contributed by atoms with Gasteiger partial charge in [0.15, 0.2) is 0 Å². The molecular weight excluding hydrogens is 212 g/mol. The molecule has 0 fully saturated rings. The maximum Gasteiger partial charge on any atom is 0.0535 e. The van der Waals surface area contributed by atoms with E-state index in [1.165, 1.54) is 17.5 Å². The number of aryl methyl sites for hydroxylation is 2. The van der Waals surface area contributed by atoms with Crippen LogP contribution in [0.4, 0.5) is 0 Å². The van der Waals surface area contributed by atoms with Crippen molar-refractivity contribution in [2.75, 3.05) is 0 Å². The largest absolute Gasteiger partial charge is 0.354 e. The van der Waals surface area contributed by atoms with Crippen molar-refractivity contribution in [2.45, 2.75) is 39.9 Å². The average Bonchev–Trinajstić information content (AvgIpc) is 2.90. The van der Waals surface area contributed by atoms with E-state index in [1.807, 2.05) is 13.1 Å². The molecule has 92 valence electrons. The highest BCUT2D eigenvalue weighted by Gasteiger charge is 2.00. The molecule has 0 aliphatic heterocycles. The molecule has 0 spiro atoms. The van der Waals surface area contributed by atoms with Gasteiger partial charge in [0.2, 0.25) is 0 Å². The summed E-state index contributed by atoms with van der Waals surface area (Å²) >= 11 is 0. The molecule has 0 aliphatic rings. The van der Waals surface area contributed by atoms with Crippen molar-refractivity contribution >= 4 is 0 Å². The Morgan fingerprint density at radius 1 is 1.41 bits per heavy atom. The number of hydrogen-bond donors (Lipinski definition) is 2. The minimum atomic E-state index is 0.862. The molecule has 0 atom stereocenters. The van der Waals surface area contributed by atoms with Crippen LogP contribution in [0.2, 0.25) is 0 Å². The summed E-state index contributed by atoms with van der Waals surface area (Å²) in [7, 11) is 0. The van der Waals surface area contributed by atoms with Gasteiger partial charge in [-0.3, -0.25) is 5.10 Å². The third-order valence-electron chi connectivity index (χ3n) is 2.87. The van der Waals surface area contributed by atoms with Crippen molar-refractivity contribution in [1.82, 2.24) is 20.1 Å². The van der Waals surface area contributed by atoms with Gasteiger partial charge in [-0.25, -0.2) is 0 Å². The van der Waals surface area contributed by atoms with Crippen LogP contribution < -0.4 is 5.32 Å². The molecule has 0 aromatic carbocycles. The Kier molecular flexibility index (Phi) is 3.98. The number of aromatic amines is 1. The first kappa shape index (κ1) is 11.9. The van der Waals surface area contributed by atoms with Crippen LogP contribution in [-0.2, 0) is 19.6 Å². The molecule has 0 amide bonds. The molecule has 4 nitrogen and oxygen atoms in total. The maximum atomic E-state index is 4.01. The Balaban J connectivity index is 1.80. The summed E-state index contributed by atoms with van der Waals surface area (Å²) in [5.74, 6) is 0. The summed E-state index contributed by atoms with van der Waals surface area (Å²) in [4.78, 5) is 0. The van der Waals surface area contributed by atoms with E-state index in [1.54, 1.807) is 0 Å². The van der Waals surface area contributed by atoms with E-state index >= 15 is 0 Å². The highest BCUT2D eigenvalue weighted by atomic mass is 15.1. The van der Waals surface area contributed by atoms with Crippen LogP contribution in [0.15, 0.2) is 24.7 Å². The minimum Gasteiger partial charge on any atom is -0.354 e. The zero-order chi connectivity index (χ0) is 12.1. The average molecular weight is 232 g/mol. The summed E-state index contributed by atoms with van der Waals surface area (Å²) in [6, 6.07) is 2.17. The lowest BCUT2D eigenvalue weighted by Gasteiger charge is -2.02.